The van der Waals surface area contributed by atoms with Gasteiger partial charge in [-0.1, -0.05) is 0 Å². The van der Waals surface area contributed by atoms with E-state index < -0.39 is 0 Å². The van der Waals surface area contributed by atoms with Crippen molar-refractivity contribution in [3.63, 3.8) is 0 Å². The first kappa shape index (κ1) is 17.5. The Hall–Kier alpha value is -3.62. The number of rotatable bonds is 3. The van der Waals surface area contributed by atoms with Crippen molar-refractivity contribution in [1.82, 2.24) is 39.9 Å². The summed E-state index contributed by atoms with van der Waals surface area (Å²) < 4.78 is 1.82. The number of hydrogen-bond acceptors (Lipinski definition) is 6. The molecule has 29 heavy (non-hydrogen) atoms. The number of aryl methyl sites for hydroxylation is 1. The summed E-state index contributed by atoms with van der Waals surface area (Å²) in [6, 6.07) is 9.50. The molecule has 0 radical (unpaired) electrons. The van der Waals surface area contributed by atoms with Crippen LogP contribution in [-0.4, -0.2) is 58.9 Å². The average Bonchev–Trinajstić information content (AvgIpc) is 3.40. The molecule has 5 rings (SSSR count). The van der Waals surface area contributed by atoms with Gasteiger partial charge in [0.15, 0.2) is 11.5 Å². The van der Waals surface area contributed by atoms with Crippen molar-refractivity contribution in [2.24, 2.45) is 0 Å². The monoisotopic (exact) mass is 388 g/mol. The van der Waals surface area contributed by atoms with Gasteiger partial charge in [0.05, 0.1) is 5.69 Å². The number of H-pyrrole nitrogens is 1. The lowest BCUT2D eigenvalue weighted by molar-refractivity contribution is 0.0704. The van der Waals surface area contributed by atoms with Crippen LogP contribution >= 0.6 is 0 Å². The van der Waals surface area contributed by atoms with E-state index >= 15 is 0 Å². The number of aromatic nitrogens is 7. The Morgan fingerprint density at radius 2 is 2.03 bits per heavy atom. The first-order chi connectivity index (χ1) is 14.2. The molecule has 5 heterocycles. The summed E-state index contributed by atoms with van der Waals surface area (Å²) in [4.78, 5) is 18.6. The zero-order chi connectivity index (χ0) is 19.8. The largest absolute Gasteiger partial charge is 0.337 e. The van der Waals surface area contributed by atoms with Crippen LogP contribution in [0.5, 0.6) is 0 Å². The molecule has 9 heteroatoms. The summed E-state index contributed by atoms with van der Waals surface area (Å²) >= 11 is 0. The molecule has 4 aromatic heterocycles. The van der Waals surface area contributed by atoms with E-state index in [4.69, 9.17) is 5.10 Å². The highest BCUT2D eigenvalue weighted by Crippen LogP contribution is 2.28. The third-order valence-electron chi connectivity index (χ3n) is 5.32. The highest BCUT2D eigenvalue weighted by Gasteiger charge is 2.28. The minimum Gasteiger partial charge on any atom is -0.337 e. The van der Waals surface area contributed by atoms with Crippen molar-refractivity contribution in [2.45, 2.75) is 25.7 Å². The van der Waals surface area contributed by atoms with Crippen molar-refractivity contribution < 1.29 is 4.79 Å². The number of fused-ring (bicyclic) bond motifs is 1. The fourth-order valence-electron chi connectivity index (χ4n) is 3.76. The molecule has 1 saturated heterocycles. The Kier molecular flexibility index (Phi) is 4.27. The van der Waals surface area contributed by atoms with Crippen LogP contribution in [0.25, 0.3) is 16.9 Å². The Labute approximate surface area is 166 Å². The fourth-order valence-corrected chi connectivity index (χ4v) is 3.76. The highest BCUT2D eigenvalue weighted by molar-refractivity contribution is 5.92. The van der Waals surface area contributed by atoms with Crippen LogP contribution in [0.3, 0.4) is 0 Å². The van der Waals surface area contributed by atoms with Gasteiger partial charge in [0.2, 0.25) is 0 Å². The summed E-state index contributed by atoms with van der Waals surface area (Å²) in [6.07, 6.45) is 5.16. The summed E-state index contributed by atoms with van der Waals surface area (Å²) in [5.74, 6) is 1.01. The molecule has 4 aromatic rings. The number of piperidine rings is 1. The lowest BCUT2D eigenvalue weighted by atomic mass is 9.96. The molecule has 0 aromatic carbocycles. The maximum absolute atomic E-state index is 12.6. The second-order valence-corrected chi connectivity index (χ2v) is 7.29. The predicted octanol–water partition coefficient (Wildman–Crippen LogP) is 2.24. The quantitative estimate of drug-likeness (QED) is 0.577. The smallest absolute Gasteiger partial charge is 0.274 e. The summed E-state index contributed by atoms with van der Waals surface area (Å²) in [5, 5.41) is 20.3. The van der Waals surface area contributed by atoms with Crippen LogP contribution in [-0.2, 0) is 0 Å². The van der Waals surface area contributed by atoms with Gasteiger partial charge in [-0.2, -0.15) is 14.7 Å². The normalized spacial score (nSPS) is 15.1. The van der Waals surface area contributed by atoms with Gasteiger partial charge in [0.1, 0.15) is 5.69 Å². The zero-order valence-corrected chi connectivity index (χ0v) is 16.0. The van der Waals surface area contributed by atoms with Gasteiger partial charge in [0, 0.05) is 42.7 Å². The van der Waals surface area contributed by atoms with Gasteiger partial charge in [-0.3, -0.25) is 14.9 Å². The van der Waals surface area contributed by atoms with Crippen LogP contribution in [0.1, 0.15) is 40.8 Å². The van der Waals surface area contributed by atoms with E-state index in [-0.39, 0.29) is 11.8 Å². The second kappa shape index (κ2) is 7.08. The van der Waals surface area contributed by atoms with Gasteiger partial charge in [0.25, 0.3) is 5.91 Å². The van der Waals surface area contributed by atoms with E-state index in [0.29, 0.717) is 18.8 Å². The number of aromatic amines is 1. The minimum absolute atomic E-state index is 0.0316. The maximum Gasteiger partial charge on any atom is 0.274 e. The van der Waals surface area contributed by atoms with Gasteiger partial charge in [-0.15, -0.1) is 10.2 Å². The van der Waals surface area contributed by atoms with Crippen molar-refractivity contribution in [1.29, 1.82) is 0 Å². The van der Waals surface area contributed by atoms with E-state index in [2.05, 4.69) is 25.4 Å². The van der Waals surface area contributed by atoms with Crippen LogP contribution < -0.4 is 0 Å². The number of carbonyl (C=O) groups excluding carboxylic acids is 1. The van der Waals surface area contributed by atoms with E-state index in [9.17, 15) is 4.79 Å². The molecule has 1 N–H and O–H groups in total. The number of hydrogen-bond donors (Lipinski definition) is 1. The molecule has 0 saturated carbocycles. The molecule has 1 aliphatic heterocycles. The molecule has 9 nitrogen and oxygen atoms in total. The Morgan fingerprint density at radius 3 is 2.76 bits per heavy atom. The Balaban J connectivity index is 1.36. The predicted molar refractivity (Wildman–Crippen MR) is 105 cm³/mol. The molecule has 0 aliphatic carbocycles. The third kappa shape index (κ3) is 3.24. The molecule has 0 bridgehead atoms. The summed E-state index contributed by atoms with van der Waals surface area (Å²) in [5.41, 5.74) is 3.85. The molecule has 1 aliphatic rings. The van der Waals surface area contributed by atoms with Gasteiger partial charge < -0.3 is 4.90 Å². The Bertz CT molecular complexity index is 1160. The lowest BCUT2D eigenvalue weighted by Crippen LogP contribution is -2.38. The number of nitrogens with zero attached hydrogens (tertiary/aromatic N) is 7. The lowest BCUT2D eigenvalue weighted by Gasteiger charge is -2.30. The van der Waals surface area contributed by atoms with E-state index in [1.54, 1.807) is 18.5 Å². The number of amides is 1. The molecular formula is C20H20N8O. The van der Waals surface area contributed by atoms with Crippen molar-refractivity contribution in [3.05, 3.63) is 59.9 Å². The SMILES string of the molecule is Cc1cc(C(=O)N2CCC(c3nnc4ccc(-c5cccnc5)nn34)CC2)n[nH]1. The van der Waals surface area contributed by atoms with Gasteiger partial charge in [-0.25, -0.2) is 0 Å². The molecule has 1 amide bonds. The zero-order valence-electron chi connectivity index (χ0n) is 16.0. The number of carbonyl (C=O) groups is 1. The first-order valence-electron chi connectivity index (χ1n) is 9.63. The number of pyridine rings is 1. The topological polar surface area (TPSA) is 105 Å². The number of likely N-dealkylation sites (tertiary alicyclic amines) is 1. The number of nitrogens with one attached hydrogen (secondary N) is 1. The van der Waals surface area contributed by atoms with Crippen LogP contribution in [0.4, 0.5) is 0 Å². The standard InChI is InChI=1S/C20H20N8O/c1-13-11-17(23-22-13)20(29)27-9-6-14(7-10-27)19-25-24-18-5-4-16(26-28(18)19)15-3-2-8-21-12-15/h2-5,8,11-12,14H,6-7,9-10H2,1H3,(H,22,23). The highest BCUT2D eigenvalue weighted by atomic mass is 16.2. The molecule has 0 spiro atoms. The fraction of sp³-hybridized carbons (Fsp3) is 0.300. The van der Waals surface area contributed by atoms with Gasteiger partial charge >= 0.3 is 0 Å². The van der Waals surface area contributed by atoms with E-state index in [1.807, 2.05) is 40.6 Å². The average molecular weight is 388 g/mol. The van der Waals surface area contributed by atoms with Crippen LogP contribution in [0.15, 0.2) is 42.7 Å². The summed E-state index contributed by atoms with van der Waals surface area (Å²) in [7, 11) is 0. The maximum atomic E-state index is 12.6. The minimum atomic E-state index is -0.0316. The first-order valence-corrected chi connectivity index (χ1v) is 9.63. The van der Waals surface area contributed by atoms with E-state index in [1.165, 1.54) is 0 Å². The van der Waals surface area contributed by atoms with Crippen LogP contribution in [0, 0.1) is 6.92 Å². The van der Waals surface area contributed by atoms with Crippen molar-refractivity contribution >= 4 is 11.6 Å². The molecule has 146 valence electrons. The van der Waals surface area contributed by atoms with Gasteiger partial charge in [-0.05, 0) is 50.1 Å². The Morgan fingerprint density at radius 1 is 1.17 bits per heavy atom. The summed E-state index contributed by atoms with van der Waals surface area (Å²) in [6.45, 7) is 3.21. The van der Waals surface area contributed by atoms with Crippen molar-refractivity contribution in [3.8, 4) is 11.3 Å². The molecular weight excluding hydrogens is 368 g/mol. The molecule has 0 unspecified atom stereocenters. The van der Waals surface area contributed by atoms with Crippen LogP contribution in [0.2, 0.25) is 0 Å². The van der Waals surface area contributed by atoms with Crippen molar-refractivity contribution in [2.75, 3.05) is 13.1 Å². The molecule has 1 fully saturated rings. The van der Waals surface area contributed by atoms with E-state index in [0.717, 1.165) is 41.3 Å². The molecule has 0 atom stereocenters. The second-order valence-electron chi connectivity index (χ2n) is 7.29. The third-order valence-corrected chi connectivity index (χ3v) is 5.32.